The van der Waals surface area contributed by atoms with E-state index < -0.39 is 0 Å². The Balaban J connectivity index is 1.71. The number of aromatic nitrogens is 2. The molecular weight excluding hydrogens is 346 g/mol. The third kappa shape index (κ3) is 3.30. The highest BCUT2D eigenvalue weighted by atomic mass is 35.5. The Morgan fingerprint density at radius 1 is 1.08 bits per heavy atom. The molecule has 0 amide bonds. The summed E-state index contributed by atoms with van der Waals surface area (Å²) < 4.78 is 0. The Morgan fingerprint density at radius 3 is 2.62 bits per heavy atom. The molecule has 0 radical (unpaired) electrons. The van der Waals surface area contributed by atoms with Crippen molar-refractivity contribution < 1.29 is 0 Å². The molecule has 1 fully saturated rings. The van der Waals surface area contributed by atoms with E-state index >= 15 is 0 Å². The van der Waals surface area contributed by atoms with Gasteiger partial charge in [-0.3, -0.25) is 4.79 Å². The maximum Gasteiger partial charge on any atom is 0.258 e. The second-order valence-corrected chi connectivity index (χ2v) is 7.19. The van der Waals surface area contributed by atoms with Crippen LogP contribution < -0.4 is 10.9 Å². The summed E-state index contributed by atoms with van der Waals surface area (Å²) in [6, 6.07) is 13.9. The van der Waals surface area contributed by atoms with E-state index in [9.17, 15) is 4.79 Å². The average Bonchev–Trinajstić information content (AvgIpc) is 2.68. The van der Waals surface area contributed by atoms with Crippen molar-refractivity contribution in [3.05, 3.63) is 81.4 Å². The normalized spacial score (nSPS) is 17.0. The van der Waals surface area contributed by atoms with Gasteiger partial charge in [0.05, 0.1) is 17.2 Å². The predicted octanol–water partition coefficient (Wildman–Crippen LogP) is 3.91. The summed E-state index contributed by atoms with van der Waals surface area (Å²) in [5.74, 6) is 0. The number of nitrogens with one attached hydrogen (secondary N) is 2. The monoisotopic (exact) mass is 365 g/mol. The van der Waals surface area contributed by atoms with Gasteiger partial charge < -0.3 is 10.3 Å². The molecule has 0 atom stereocenters. The van der Waals surface area contributed by atoms with Crippen molar-refractivity contribution in [1.29, 1.82) is 0 Å². The SMILES string of the molecule is O=c1[nH]cnc2cc(/C=C/C3(c4ccc(Cl)cc4)CCNCC3)ccc12. The number of hydrogen-bond donors (Lipinski definition) is 2. The fourth-order valence-electron chi connectivity index (χ4n) is 3.65. The predicted molar refractivity (Wildman–Crippen MR) is 107 cm³/mol. The van der Waals surface area contributed by atoms with Crippen LogP contribution in [0.5, 0.6) is 0 Å². The molecule has 26 heavy (non-hydrogen) atoms. The summed E-state index contributed by atoms with van der Waals surface area (Å²) in [5.41, 5.74) is 2.92. The van der Waals surface area contributed by atoms with Gasteiger partial charge in [0.1, 0.15) is 0 Å². The molecule has 2 heterocycles. The van der Waals surface area contributed by atoms with Gasteiger partial charge in [-0.25, -0.2) is 4.98 Å². The molecule has 2 aromatic carbocycles. The molecule has 1 aliphatic heterocycles. The molecule has 132 valence electrons. The zero-order chi connectivity index (χ0) is 18.0. The molecule has 4 rings (SSSR count). The minimum absolute atomic E-state index is 0.00755. The Morgan fingerprint density at radius 2 is 1.85 bits per heavy atom. The smallest absolute Gasteiger partial charge is 0.258 e. The van der Waals surface area contributed by atoms with E-state index in [1.54, 1.807) is 0 Å². The summed E-state index contributed by atoms with van der Waals surface area (Å²) in [6.45, 7) is 1.98. The van der Waals surface area contributed by atoms with Gasteiger partial charge in [0.15, 0.2) is 0 Å². The highest BCUT2D eigenvalue weighted by Gasteiger charge is 2.31. The summed E-state index contributed by atoms with van der Waals surface area (Å²) in [7, 11) is 0. The standard InChI is InChI=1S/C21H20ClN3O/c22-17-4-2-16(3-5-17)21(9-11-23-12-10-21)8-7-15-1-6-18-19(13-15)24-14-25-20(18)26/h1-8,13-14,23H,9-12H2,(H,24,25,26)/b8-7+. The van der Waals surface area contributed by atoms with Crippen LogP contribution in [0, 0.1) is 0 Å². The molecule has 0 spiro atoms. The van der Waals surface area contributed by atoms with E-state index in [0.29, 0.717) is 10.9 Å². The number of benzene rings is 2. The van der Waals surface area contributed by atoms with Crippen molar-refractivity contribution in [3.63, 3.8) is 0 Å². The highest BCUT2D eigenvalue weighted by Crippen LogP contribution is 2.36. The van der Waals surface area contributed by atoms with E-state index in [0.717, 1.165) is 36.5 Å². The van der Waals surface area contributed by atoms with Crippen LogP contribution in [0.4, 0.5) is 0 Å². The number of hydrogen-bond acceptors (Lipinski definition) is 3. The molecule has 5 heteroatoms. The van der Waals surface area contributed by atoms with Crippen molar-refractivity contribution in [2.75, 3.05) is 13.1 Å². The number of allylic oxidation sites excluding steroid dienone is 1. The first-order chi connectivity index (χ1) is 12.7. The van der Waals surface area contributed by atoms with Gasteiger partial charge in [-0.15, -0.1) is 0 Å². The number of piperidine rings is 1. The topological polar surface area (TPSA) is 57.8 Å². The van der Waals surface area contributed by atoms with Crippen molar-refractivity contribution in [3.8, 4) is 0 Å². The Labute approximate surface area is 156 Å². The Bertz CT molecular complexity index is 1000. The van der Waals surface area contributed by atoms with Crippen LogP contribution in [-0.2, 0) is 5.41 Å². The lowest BCUT2D eigenvalue weighted by Gasteiger charge is -2.36. The van der Waals surface area contributed by atoms with Gasteiger partial charge in [0, 0.05) is 10.4 Å². The maximum atomic E-state index is 11.8. The van der Waals surface area contributed by atoms with Crippen LogP contribution >= 0.6 is 11.6 Å². The molecule has 0 unspecified atom stereocenters. The number of fused-ring (bicyclic) bond motifs is 1. The lowest BCUT2D eigenvalue weighted by molar-refractivity contribution is 0.375. The molecule has 2 N–H and O–H groups in total. The van der Waals surface area contributed by atoms with E-state index in [1.807, 2.05) is 30.3 Å². The molecule has 1 saturated heterocycles. The molecule has 0 bridgehead atoms. The first-order valence-corrected chi connectivity index (χ1v) is 9.18. The fraction of sp³-hybridized carbons (Fsp3) is 0.238. The number of H-pyrrole nitrogens is 1. The van der Waals surface area contributed by atoms with Crippen LogP contribution in [-0.4, -0.2) is 23.1 Å². The first kappa shape index (κ1) is 17.0. The van der Waals surface area contributed by atoms with Crippen LogP contribution in [0.15, 0.2) is 59.7 Å². The van der Waals surface area contributed by atoms with Crippen LogP contribution in [0.2, 0.25) is 5.02 Å². The Hall–Kier alpha value is -2.43. The van der Waals surface area contributed by atoms with Crippen LogP contribution in [0.25, 0.3) is 17.0 Å². The van der Waals surface area contributed by atoms with E-state index in [2.05, 4.69) is 39.6 Å². The van der Waals surface area contributed by atoms with Gasteiger partial charge >= 0.3 is 0 Å². The van der Waals surface area contributed by atoms with Gasteiger partial charge in [0.25, 0.3) is 5.56 Å². The second kappa shape index (κ2) is 7.06. The van der Waals surface area contributed by atoms with Crippen LogP contribution in [0.1, 0.15) is 24.0 Å². The summed E-state index contributed by atoms with van der Waals surface area (Å²) in [6.07, 6.45) is 7.96. The third-order valence-electron chi connectivity index (χ3n) is 5.18. The highest BCUT2D eigenvalue weighted by molar-refractivity contribution is 6.30. The lowest BCUT2D eigenvalue weighted by Crippen LogP contribution is -2.38. The lowest BCUT2D eigenvalue weighted by atomic mass is 9.73. The number of halogens is 1. The molecule has 3 aromatic rings. The quantitative estimate of drug-likeness (QED) is 0.739. The molecule has 4 nitrogen and oxygen atoms in total. The maximum absolute atomic E-state index is 11.8. The minimum Gasteiger partial charge on any atom is -0.317 e. The molecule has 1 aliphatic rings. The molecule has 0 aliphatic carbocycles. The van der Waals surface area contributed by atoms with E-state index in [4.69, 9.17) is 11.6 Å². The summed E-state index contributed by atoms with van der Waals surface area (Å²) >= 11 is 6.07. The number of nitrogens with zero attached hydrogens (tertiary/aromatic N) is 1. The third-order valence-corrected chi connectivity index (χ3v) is 5.43. The zero-order valence-electron chi connectivity index (χ0n) is 14.3. The Kier molecular flexibility index (Phi) is 4.62. The first-order valence-electron chi connectivity index (χ1n) is 8.80. The summed E-state index contributed by atoms with van der Waals surface area (Å²) in [4.78, 5) is 18.7. The summed E-state index contributed by atoms with van der Waals surface area (Å²) in [5, 5.41) is 4.81. The zero-order valence-corrected chi connectivity index (χ0v) is 15.1. The second-order valence-electron chi connectivity index (χ2n) is 6.75. The van der Waals surface area contributed by atoms with Gasteiger partial charge in [-0.2, -0.15) is 0 Å². The average molecular weight is 366 g/mol. The van der Waals surface area contributed by atoms with E-state index in [-0.39, 0.29) is 11.0 Å². The van der Waals surface area contributed by atoms with Crippen molar-refractivity contribution in [1.82, 2.24) is 15.3 Å². The van der Waals surface area contributed by atoms with Crippen molar-refractivity contribution in [2.24, 2.45) is 0 Å². The van der Waals surface area contributed by atoms with Gasteiger partial charge in [-0.1, -0.05) is 42.0 Å². The molecule has 1 aromatic heterocycles. The minimum atomic E-state index is -0.110. The molecule has 0 saturated carbocycles. The van der Waals surface area contributed by atoms with Gasteiger partial charge in [-0.05, 0) is 61.3 Å². The fourth-order valence-corrected chi connectivity index (χ4v) is 3.78. The number of rotatable bonds is 3. The molecular formula is C21H20ClN3O. The largest absolute Gasteiger partial charge is 0.317 e. The number of aromatic amines is 1. The van der Waals surface area contributed by atoms with Crippen LogP contribution in [0.3, 0.4) is 0 Å². The van der Waals surface area contributed by atoms with Crippen molar-refractivity contribution in [2.45, 2.75) is 18.3 Å². The van der Waals surface area contributed by atoms with Crippen molar-refractivity contribution >= 4 is 28.6 Å². The van der Waals surface area contributed by atoms with Gasteiger partial charge in [0.2, 0.25) is 0 Å². The van der Waals surface area contributed by atoms with E-state index in [1.165, 1.54) is 11.9 Å².